The van der Waals surface area contributed by atoms with Crippen molar-refractivity contribution < 1.29 is 9.59 Å². The van der Waals surface area contributed by atoms with Gasteiger partial charge in [-0.3, -0.25) is 9.59 Å². The summed E-state index contributed by atoms with van der Waals surface area (Å²) in [4.78, 5) is 45.5. The molecule has 0 bridgehead atoms. The van der Waals surface area contributed by atoms with E-state index in [1.807, 2.05) is 4.90 Å². The van der Waals surface area contributed by atoms with Gasteiger partial charge < -0.3 is 15.5 Å². The number of fused-ring (bicyclic) bond motifs is 1. The van der Waals surface area contributed by atoms with Crippen molar-refractivity contribution in [3.8, 4) is 0 Å². The van der Waals surface area contributed by atoms with E-state index in [9.17, 15) is 9.59 Å². The summed E-state index contributed by atoms with van der Waals surface area (Å²) >= 11 is 0. The predicted molar refractivity (Wildman–Crippen MR) is 140 cm³/mol. The second-order valence-corrected chi connectivity index (χ2v) is 12.7. The highest BCUT2D eigenvalue weighted by Crippen LogP contribution is 2.37. The van der Waals surface area contributed by atoms with E-state index < -0.39 is 0 Å². The molecule has 2 aromatic heterocycles. The Kier molecular flexibility index (Phi) is 7.21. The van der Waals surface area contributed by atoms with E-state index in [4.69, 9.17) is 4.98 Å². The van der Waals surface area contributed by atoms with Crippen LogP contribution < -0.4 is 10.6 Å². The number of amides is 2. The van der Waals surface area contributed by atoms with Crippen molar-refractivity contribution in [2.45, 2.75) is 104 Å². The van der Waals surface area contributed by atoms with Crippen LogP contribution in [0.1, 0.15) is 86.4 Å². The molecule has 9 nitrogen and oxygen atoms in total. The summed E-state index contributed by atoms with van der Waals surface area (Å²) in [5.74, 6) is 1.83. The number of hydrogen-bond donors (Lipinski definition) is 2. The van der Waals surface area contributed by atoms with Crippen LogP contribution in [0.15, 0.2) is 12.5 Å². The van der Waals surface area contributed by atoms with Crippen LogP contribution in [-0.2, 0) is 15.0 Å². The van der Waals surface area contributed by atoms with Crippen LogP contribution in [0.25, 0.3) is 11.0 Å². The first kappa shape index (κ1) is 26.2. The number of anilines is 1. The third kappa shape index (κ3) is 5.93. The molecule has 2 amide bonds. The van der Waals surface area contributed by atoms with Crippen molar-refractivity contribution in [2.24, 2.45) is 11.3 Å². The van der Waals surface area contributed by atoms with Crippen LogP contribution in [0.3, 0.4) is 0 Å². The van der Waals surface area contributed by atoms with E-state index in [1.54, 1.807) is 13.1 Å². The van der Waals surface area contributed by atoms with Crippen molar-refractivity contribution >= 4 is 28.7 Å². The number of likely N-dealkylation sites (tertiary alicyclic amines) is 1. The molecule has 36 heavy (non-hydrogen) atoms. The maximum absolute atomic E-state index is 13.6. The van der Waals surface area contributed by atoms with Gasteiger partial charge >= 0.3 is 0 Å². The van der Waals surface area contributed by atoms with Crippen LogP contribution >= 0.6 is 0 Å². The molecule has 2 aromatic rings. The number of hydrogen-bond acceptors (Lipinski definition) is 7. The fourth-order valence-corrected chi connectivity index (χ4v) is 5.73. The predicted octanol–water partition coefficient (Wildman–Crippen LogP) is 3.84. The smallest absolute Gasteiger partial charge is 0.245 e. The van der Waals surface area contributed by atoms with Gasteiger partial charge in [-0.1, -0.05) is 41.5 Å². The lowest BCUT2D eigenvalue weighted by Gasteiger charge is -2.42. The molecule has 9 heteroatoms. The van der Waals surface area contributed by atoms with Gasteiger partial charge in [-0.05, 0) is 43.4 Å². The maximum atomic E-state index is 13.6. The van der Waals surface area contributed by atoms with Gasteiger partial charge in [0.25, 0.3) is 0 Å². The molecule has 2 N–H and O–H groups in total. The average Bonchev–Trinajstić information content (AvgIpc) is 3.11. The lowest BCUT2D eigenvalue weighted by Crippen LogP contribution is -2.55. The minimum atomic E-state index is -0.388. The van der Waals surface area contributed by atoms with Crippen molar-refractivity contribution in [3.05, 3.63) is 18.3 Å². The fraction of sp³-hybridized carbons (Fsp3) is 0.704. The summed E-state index contributed by atoms with van der Waals surface area (Å²) in [6.45, 7) is 15.2. The van der Waals surface area contributed by atoms with E-state index in [0.29, 0.717) is 41.6 Å². The monoisotopic (exact) mass is 495 g/mol. The van der Waals surface area contributed by atoms with Crippen LogP contribution in [0.5, 0.6) is 0 Å². The molecule has 2 fully saturated rings. The molecular weight excluding hydrogens is 454 g/mol. The minimum Gasteiger partial charge on any atom is -0.356 e. The topological polar surface area (TPSA) is 113 Å². The molecule has 196 valence electrons. The Bertz CT molecular complexity index is 1120. The van der Waals surface area contributed by atoms with Crippen molar-refractivity contribution in [1.82, 2.24) is 30.2 Å². The van der Waals surface area contributed by atoms with Gasteiger partial charge in [0, 0.05) is 24.9 Å². The van der Waals surface area contributed by atoms with E-state index in [-0.39, 0.29) is 40.8 Å². The zero-order chi connectivity index (χ0) is 26.3. The second kappa shape index (κ2) is 9.90. The zero-order valence-electron chi connectivity index (χ0n) is 22.8. The quantitative estimate of drug-likeness (QED) is 0.648. The van der Waals surface area contributed by atoms with Gasteiger partial charge in [0.1, 0.15) is 29.2 Å². The highest BCUT2D eigenvalue weighted by Gasteiger charge is 2.42. The highest BCUT2D eigenvalue weighted by molar-refractivity contribution is 5.91. The Morgan fingerprint density at radius 3 is 2.50 bits per heavy atom. The number of nitrogens with zero attached hydrogens (tertiary/aromatic N) is 5. The van der Waals surface area contributed by atoms with Gasteiger partial charge in [0.05, 0.1) is 12.2 Å². The lowest BCUT2D eigenvalue weighted by atomic mass is 9.74. The van der Waals surface area contributed by atoms with E-state index in [1.165, 1.54) is 6.33 Å². The molecule has 1 saturated carbocycles. The largest absolute Gasteiger partial charge is 0.356 e. The van der Waals surface area contributed by atoms with Crippen molar-refractivity contribution in [2.75, 3.05) is 11.9 Å². The number of aromatic nitrogens is 4. The normalized spacial score (nSPS) is 25.3. The second-order valence-electron chi connectivity index (χ2n) is 12.7. The molecule has 1 aliphatic heterocycles. The molecule has 1 saturated heterocycles. The Hall–Kier alpha value is -2.84. The first-order valence-electron chi connectivity index (χ1n) is 13.1. The summed E-state index contributed by atoms with van der Waals surface area (Å²) in [6.07, 6.45) is 7.87. The molecule has 4 atom stereocenters. The number of nitrogens with one attached hydrogen (secondary N) is 2. The van der Waals surface area contributed by atoms with Gasteiger partial charge in [0.15, 0.2) is 5.82 Å². The van der Waals surface area contributed by atoms with Crippen LogP contribution in [-0.4, -0.2) is 61.3 Å². The zero-order valence-corrected chi connectivity index (χ0v) is 22.8. The number of carbonyl (C=O) groups excluding carboxylic acids is 2. The third-order valence-corrected chi connectivity index (χ3v) is 7.21. The van der Waals surface area contributed by atoms with Crippen molar-refractivity contribution in [3.63, 3.8) is 0 Å². The number of rotatable bonds is 5. The Morgan fingerprint density at radius 1 is 1.08 bits per heavy atom. The minimum absolute atomic E-state index is 0.0152. The van der Waals surface area contributed by atoms with Crippen LogP contribution in [0.2, 0.25) is 0 Å². The van der Waals surface area contributed by atoms with Crippen molar-refractivity contribution in [1.29, 1.82) is 0 Å². The van der Waals surface area contributed by atoms with E-state index in [2.05, 4.69) is 67.1 Å². The SMILES string of the molecule is CC(=O)N[C@@H]1C[C@H](CC(C)(C)C)CC[C@@H]1N1CC[C@H](Nc2ncnc3cnc(C(C)(C)C)nc23)C1=O. The molecule has 1 aliphatic carbocycles. The Balaban J connectivity index is 1.51. The van der Waals surface area contributed by atoms with Gasteiger partial charge in [-0.2, -0.15) is 0 Å². The van der Waals surface area contributed by atoms with Crippen LogP contribution in [0, 0.1) is 11.3 Å². The van der Waals surface area contributed by atoms with Gasteiger partial charge in [-0.25, -0.2) is 19.9 Å². The highest BCUT2D eigenvalue weighted by atomic mass is 16.2. The van der Waals surface area contributed by atoms with E-state index >= 15 is 0 Å². The Labute approximate surface area is 214 Å². The van der Waals surface area contributed by atoms with Crippen LogP contribution in [0.4, 0.5) is 5.82 Å². The summed E-state index contributed by atoms with van der Waals surface area (Å²) in [5, 5.41) is 6.52. The molecule has 0 spiro atoms. The fourth-order valence-electron chi connectivity index (χ4n) is 5.73. The van der Waals surface area contributed by atoms with Gasteiger partial charge in [-0.15, -0.1) is 0 Å². The molecule has 3 heterocycles. The molecular formula is C27H41N7O2. The summed E-state index contributed by atoms with van der Waals surface area (Å²) in [7, 11) is 0. The first-order valence-corrected chi connectivity index (χ1v) is 13.1. The molecule has 0 aromatic carbocycles. The number of carbonyl (C=O) groups is 2. The molecule has 2 aliphatic rings. The summed E-state index contributed by atoms with van der Waals surface area (Å²) in [5.41, 5.74) is 1.30. The van der Waals surface area contributed by atoms with E-state index in [0.717, 1.165) is 25.7 Å². The summed E-state index contributed by atoms with van der Waals surface area (Å²) in [6, 6.07) is -0.393. The molecule has 0 unspecified atom stereocenters. The standard InChI is InChI=1S/C27H41N7O2/c1-16(35)31-19-12-17(13-26(2,3)4)8-9-21(19)34-11-10-18(24(34)36)32-23-22-20(29-15-30-23)14-28-25(33-22)27(5,6)7/h14-15,17-19,21H,8-13H2,1-7H3,(H,31,35)(H,29,30,32)/t17-,18+,19-,21+/m1/s1. The summed E-state index contributed by atoms with van der Waals surface area (Å²) < 4.78 is 0. The molecule has 4 rings (SSSR count). The van der Waals surface area contributed by atoms with Gasteiger partial charge in [0.2, 0.25) is 11.8 Å². The first-order chi connectivity index (χ1) is 16.8. The lowest BCUT2D eigenvalue weighted by molar-refractivity contribution is -0.133. The maximum Gasteiger partial charge on any atom is 0.245 e. The third-order valence-electron chi connectivity index (χ3n) is 7.21. The molecule has 0 radical (unpaired) electrons. The Morgan fingerprint density at radius 2 is 1.83 bits per heavy atom. The average molecular weight is 496 g/mol.